The lowest BCUT2D eigenvalue weighted by Gasteiger charge is -2.15. The molecule has 0 atom stereocenters. The molecule has 68 valence electrons. The van der Waals surface area contributed by atoms with Crippen LogP contribution in [0.15, 0.2) is 24.3 Å². The molecule has 0 saturated carbocycles. The smallest absolute Gasteiger partial charge is 0.120 e. The standard InChI is InChI=1S/C10H12N2O/c1-12(7-6-11)9-4-3-5-10(8-9)13-2/h3-5,8H,7H2,1-2H3. The SMILES string of the molecule is COc1cccc(N(C)CC#N)c1. The van der Waals surface area contributed by atoms with Gasteiger partial charge >= 0.3 is 0 Å². The molecule has 1 aromatic carbocycles. The number of hydrogen-bond acceptors (Lipinski definition) is 3. The summed E-state index contributed by atoms with van der Waals surface area (Å²) in [6, 6.07) is 9.72. The molecule has 0 fully saturated rings. The van der Waals surface area contributed by atoms with Gasteiger partial charge in [-0.25, -0.2) is 0 Å². The first-order valence-corrected chi connectivity index (χ1v) is 4.00. The second-order valence-electron chi connectivity index (χ2n) is 2.72. The fraction of sp³-hybridized carbons (Fsp3) is 0.300. The molecule has 0 heterocycles. The van der Waals surface area contributed by atoms with Gasteiger partial charge in [0.15, 0.2) is 0 Å². The van der Waals surface area contributed by atoms with Crippen LogP contribution in [0.1, 0.15) is 0 Å². The third-order valence-corrected chi connectivity index (χ3v) is 1.80. The van der Waals surface area contributed by atoms with E-state index in [-0.39, 0.29) is 0 Å². The Kier molecular flexibility index (Phi) is 3.15. The van der Waals surface area contributed by atoms with E-state index < -0.39 is 0 Å². The van der Waals surface area contributed by atoms with E-state index in [2.05, 4.69) is 6.07 Å². The molecule has 1 rings (SSSR count). The number of nitrogens with zero attached hydrogens (tertiary/aromatic N) is 2. The Hall–Kier alpha value is -1.69. The maximum Gasteiger partial charge on any atom is 0.120 e. The van der Waals surface area contributed by atoms with Gasteiger partial charge in [0.2, 0.25) is 0 Å². The van der Waals surface area contributed by atoms with Crippen molar-refractivity contribution >= 4 is 5.69 Å². The summed E-state index contributed by atoms with van der Waals surface area (Å²) in [6.45, 7) is 0.382. The monoisotopic (exact) mass is 176 g/mol. The number of hydrogen-bond donors (Lipinski definition) is 0. The minimum atomic E-state index is 0.382. The zero-order valence-electron chi connectivity index (χ0n) is 7.82. The summed E-state index contributed by atoms with van der Waals surface area (Å²) in [5, 5.41) is 8.50. The van der Waals surface area contributed by atoms with E-state index in [1.807, 2.05) is 36.2 Å². The number of nitriles is 1. The van der Waals surface area contributed by atoms with Crippen LogP contribution in [0.2, 0.25) is 0 Å². The van der Waals surface area contributed by atoms with E-state index in [1.165, 1.54) is 0 Å². The molecule has 0 spiro atoms. The van der Waals surface area contributed by atoms with Crippen LogP contribution >= 0.6 is 0 Å². The summed E-state index contributed by atoms with van der Waals surface area (Å²) in [7, 11) is 3.50. The van der Waals surface area contributed by atoms with Crippen molar-refractivity contribution in [1.29, 1.82) is 5.26 Å². The first-order valence-electron chi connectivity index (χ1n) is 4.00. The van der Waals surface area contributed by atoms with Crippen molar-refractivity contribution < 1.29 is 4.74 Å². The minimum absolute atomic E-state index is 0.382. The highest BCUT2D eigenvalue weighted by Crippen LogP contribution is 2.19. The molecule has 0 aliphatic heterocycles. The number of rotatable bonds is 3. The van der Waals surface area contributed by atoms with Crippen LogP contribution in [0.3, 0.4) is 0 Å². The van der Waals surface area contributed by atoms with Gasteiger partial charge in [-0.1, -0.05) is 6.07 Å². The second kappa shape index (κ2) is 4.36. The first kappa shape index (κ1) is 9.40. The molecule has 13 heavy (non-hydrogen) atoms. The number of methoxy groups -OCH3 is 1. The molecule has 0 aliphatic rings. The predicted molar refractivity (Wildman–Crippen MR) is 51.9 cm³/mol. The third kappa shape index (κ3) is 2.38. The molecule has 0 N–H and O–H groups in total. The van der Waals surface area contributed by atoms with Gasteiger partial charge in [-0.15, -0.1) is 0 Å². The highest BCUT2D eigenvalue weighted by Gasteiger charge is 2.00. The maximum absolute atomic E-state index is 8.50. The summed E-state index contributed by atoms with van der Waals surface area (Å²) in [5.74, 6) is 0.808. The molecule has 3 nitrogen and oxygen atoms in total. The van der Waals surface area contributed by atoms with Crippen LogP contribution in [0.5, 0.6) is 5.75 Å². The van der Waals surface area contributed by atoms with Gasteiger partial charge in [-0.2, -0.15) is 5.26 Å². The second-order valence-corrected chi connectivity index (χ2v) is 2.72. The van der Waals surface area contributed by atoms with Crippen LogP contribution < -0.4 is 9.64 Å². The quantitative estimate of drug-likeness (QED) is 0.657. The lowest BCUT2D eigenvalue weighted by atomic mass is 10.3. The minimum Gasteiger partial charge on any atom is -0.497 e. The molecule has 0 aromatic heterocycles. The fourth-order valence-corrected chi connectivity index (χ4v) is 1.05. The Morgan fingerprint density at radius 1 is 1.54 bits per heavy atom. The summed E-state index contributed by atoms with van der Waals surface area (Å²) >= 11 is 0. The van der Waals surface area contributed by atoms with Crippen molar-refractivity contribution in [3.8, 4) is 11.8 Å². The summed E-state index contributed by atoms with van der Waals surface area (Å²) in [5.41, 5.74) is 0.987. The average molecular weight is 176 g/mol. The van der Waals surface area contributed by atoms with Gasteiger partial charge in [-0.05, 0) is 12.1 Å². The van der Waals surface area contributed by atoms with Crippen molar-refractivity contribution in [2.45, 2.75) is 0 Å². The average Bonchev–Trinajstić information content (AvgIpc) is 2.18. The van der Waals surface area contributed by atoms with Crippen LogP contribution in [-0.4, -0.2) is 20.7 Å². The number of ether oxygens (including phenoxy) is 1. The van der Waals surface area contributed by atoms with Crippen LogP contribution in [0, 0.1) is 11.3 Å². The van der Waals surface area contributed by atoms with Gasteiger partial charge in [0, 0.05) is 18.8 Å². The lowest BCUT2D eigenvalue weighted by Crippen LogP contribution is -2.16. The molecule has 0 aliphatic carbocycles. The largest absolute Gasteiger partial charge is 0.497 e. The van der Waals surface area contributed by atoms with Crippen LogP contribution in [0.25, 0.3) is 0 Å². The van der Waals surface area contributed by atoms with Gasteiger partial charge in [0.1, 0.15) is 12.3 Å². The highest BCUT2D eigenvalue weighted by atomic mass is 16.5. The van der Waals surface area contributed by atoms with Gasteiger partial charge < -0.3 is 9.64 Å². The van der Waals surface area contributed by atoms with Gasteiger partial charge in [0.05, 0.1) is 13.2 Å². The van der Waals surface area contributed by atoms with E-state index in [9.17, 15) is 0 Å². The zero-order valence-corrected chi connectivity index (χ0v) is 7.82. The van der Waals surface area contributed by atoms with Gasteiger partial charge in [-0.3, -0.25) is 0 Å². The summed E-state index contributed by atoms with van der Waals surface area (Å²) < 4.78 is 5.07. The van der Waals surface area contributed by atoms with E-state index in [0.29, 0.717) is 6.54 Å². The first-order chi connectivity index (χ1) is 6.27. The molecular formula is C10H12N2O. The molecule has 0 amide bonds. The molecule has 0 saturated heterocycles. The summed E-state index contributed by atoms with van der Waals surface area (Å²) in [4.78, 5) is 1.86. The van der Waals surface area contributed by atoms with Gasteiger partial charge in [0.25, 0.3) is 0 Å². The molecule has 3 heteroatoms. The Morgan fingerprint density at radius 2 is 2.31 bits per heavy atom. The Labute approximate surface area is 78.2 Å². The molecule has 0 bridgehead atoms. The predicted octanol–water partition coefficient (Wildman–Crippen LogP) is 1.65. The highest BCUT2D eigenvalue weighted by molar-refractivity contribution is 5.50. The number of anilines is 1. The lowest BCUT2D eigenvalue weighted by molar-refractivity contribution is 0.415. The van der Waals surface area contributed by atoms with E-state index >= 15 is 0 Å². The van der Waals surface area contributed by atoms with Crippen molar-refractivity contribution in [3.05, 3.63) is 24.3 Å². The van der Waals surface area contributed by atoms with Crippen LogP contribution in [0.4, 0.5) is 5.69 Å². The fourth-order valence-electron chi connectivity index (χ4n) is 1.05. The molecular weight excluding hydrogens is 164 g/mol. The van der Waals surface area contributed by atoms with E-state index in [1.54, 1.807) is 7.11 Å². The Bertz CT molecular complexity index is 317. The number of benzene rings is 1. The zero-order chi connectivity index (χ0) is 9.68. The van der Waals surface area contributed by atoms with Crippen molar-refractivity contribution in [3.63, 3.8) is 0 Å². The maximum atomic E-state index is 8.50. The molecule has 0 radical (unpaired) electrons. The molecule has 1 aromatic rings. The summed E-state index contributed by atoms with van der Waals surface area (Å²) in [6.07, 6.45) is 0. The van der Waals surface area contributed by atoms with Crippen molar-refractivity contribution in [2.24, 2.45) is 0 Å². The van der Waals surface area contributed by atoms with E-state index in [4.69, 9.17) is 10.00 Å². The van der Waals surface area contributed by atoms with Crippen molar-refractivity contribution in [2.75, 3.05) is 25.6 Å². The van der Waals surface area contributed by atoms with Crippen molar-refractivity contribution in [1.82, 2.24) is 0 Å². The molecule has 0 unspecified atom stereocenters. The Morgan fingerprint density at radius 3 is 2.92 bits per heavy atom. The normalized spacial score (nSPS) is 9.00. The Balaban J connectivity index is 2.83. The topological polar surface area (TPSA) is 36.3 Å². The van der Waals surface area contributed by atoms with Crippen LogP contribution in [-0.2, 0) is 0 Å². The van der Waals surface area contributed by atoms with E-state index in [0.717, 1.165) is 11.4 Å². The third-order valence-electron chi connectivity index (χ3n) is 1.80.